The molecule has 0 radical (unpaired) electrons. The van der Waals surface area contributed by atoms with Crippen molar-refractivity contribution in [2.24, 2.45) is 0 Å². The quantitative estimate of drug-likeness (QED) is 0.834. The van der Waals surface area contributed by atoms with Crippen LogP contribution in [0.1, 0.15) is 25.1 Å². The van der Waals surface area contributed by atoms with Crippen LogP contribution >= 0.6 is 0 Å². The highest BCUT2D eigenvalue weighted by Crippen LogP contribution is 2.24. The summed E-state index contributed by atoms with van der Waals surface area (Å²) in [5, 5.41) is 26.6. The second-order valence-corrected chi connectivity index (χ2v) is 4.72. The van der Waals surface area contributed by atoms with Crippen molar-refractivity contribution in [3.05, 3.63) is 17.8 Å². The number of carbonyl (C=O) groups is 1. The second kappa shape index (κ2) is 6.68. The Kier molecular flexibility index (Phi) is 4.69. The topological polar surface area (TPSA) is 123 Å². The van der Waals surface area contributed by atoms with Gasteiger partial charge >= 0.3 is 6.09 Å². The van der Waals surface area contributed by atoms with E-state index in [1.54, 1.807) is 6.07 Å². The maximum Gasteiger partial charge on any atom is 0.407 e. The number of hydrogen-bond acceptors (Lipinski definition) is 6. The van der Waals surface area contributed by atoms with Crippen molar-refractivity contribution in [2.75, 3.05) is 6.54 Å². The monoisotopic (exact) mass is 305 g/mol. The molecule has 1 fully saturated rings. The van der Waals surface area contributed by atoms with E-state index in [1.807, 2.05) is 6.07 Å². The van der Waals surface area contributed by atoms with Crippen LogP contribution in [0.2, 0.25) is 0 Å². The molecule has 1 unspecified atom stereocenters. The summed E-state index contributed by atoms with van der Waals surface area (Å²) in [5.74, 6) is -1.29. The van der Waals surface area contributed by atoms with Crippen LogP contribution in [-0.2, 0) is 0 Å². The maximum atomic E-state index is 13.2. The highest BCUT2D eigenvalue weighted by Gasteiger charge is 2.32. The van der Waals surface area contributed by atoms with Crippen LogP contribution in [0.3, 0.4) is 0 Å². The molecule has 22 heavy (non-hydrogen) atoms. The zero-order valence-corrected chi connectivity index (χ0v) is 11.4. The zero-order valence-electron chi connectivity index (χ0n) is 11.4. The molecule has 1 aromatic heterocycles. The Labute approximate surface area is 125 Å². The van der Waals surface area contributed by atoms with E-state index in [0.717, 1.165) is 6.07 Å². The Morgan fingerprint density at radius 2 is 2.32 bits per heavy atom. The maximum absolute atomic E-state index is 13.2. The van der Waals surface area contributed by atoms with Crippen LogP contribution in [-0.4, -0.2) is 44.8 Å². The summed E-state index contributed by atoms with van der Waals surface area (Å²) >= 11 is 0. The van der Waals surface area contributed by atoms with E-state index in [2.05, 4.69) is 9.97 Å². The van der Waals surface area contributed by atoms with Gasteiger partial charge in [-0.25, -0.2) is 4.79 Å². The lowest BCUT2D eigenvalue weighted by molar-refractivity contribution is 0.0537. The number of aromatic nitrogens is 2. The number of hydrogen-bond donors (Lipinski definition) is 1. The fraction of sp³-hybridized carbons (Fsp3) is 0.462. The van der Waals surface area contributed by atoms with Gasteiger partial charge in [0.2, 0.25) is 17.7 Å². The third-order valence-corrected chi connectivity index (χ3v) is 3.30. The minimum absolute atomic E-state index is 0.0493. The number of halogens is 1. The van der Waals surface area contributed by atoms with Crippen LogP contribution in [0, 0.1) is 28.6 Å². The number of ether oxygens (including phenoxy) is 1. The molecule has 2 heterocycles. The van der Waals surface area contributed by atoms with Crippen molar-refractivity contribution in [2.45, 2.75) is 31.4 Å². The molecule has 0 saturated carbocycles. The van der Waals surface area contributed by atoms with Gasteiger partial charge in [-0.2, -0.15) is 24.9 Å². The molecule has 0 bridgehead atoms. The Hall–Kier alpha value is -2.94. The molecule has 1 amide bonds. The van der Waals surface area contributed by atoms with Crippen molar-refractivity contribution in [3.8, 4) is 18.0 Å². The fourth-order valence-corrected chi connectivity index (χ4v) is 2.35. The van der Waals surface area contributed by atoms with E-state index < -0.39 is 24.2 Å². The Morgan fingerprint density at radius 1 is 1.55 bits per heavy atom. The number of carboxylic acid groups (broad SMARTS) is 1. The van der Waals surface area contributed by atoms with Gasteiger partial charge in [0.05, 0.1) is 24.6 Å². The minimum Gasteiger partial charge on any atom is -0.474 e. The summed E-state index contributed by atoms with van der Waals surface area (Å²) in [6, 6.07) is 4.05. The third-order valence-electron chi connectivity index (χ3n) is 3.30. The number of rotatable bonds is 3. The summed E-state index contributed by atoms with van der Waals surface area (Å²) < 4.78 is 18.7. The first-order valence-electron chi connectivity index (χ1n) is 6.51. The first-order chi connectivity index (χ1) is 10.5. The molecule has 0 aromatic carbocycles. The van der Waals surface area contributed by atoms with Crippen molar-refractivity contribution in [3.63, 3.8) is 0 Å². The molecule has 2 rings (SSSR count). The van der Waals surface area contributed by atoms with Gasteiger partial charge in [0.25, 0.3) is 0 Å². The number of piperidine rings is 1. The van der Waals surface area contributed by atoms with Crippen LogP contribution < -0.4 is 4.74 Å². The van der Waals surface area contributed by atoms with E-state index in [-0.39, 0.29) is 24.7 Å². The van der Waals surface area contributed by atoms with Gasteiger partial charge in [0.1, 0.15) is 12.2 Å². The first-order valence-corrected chi connectivity index (χ1v) is 6.51. The Balaban J connectivity index is 2.09. The van der Waals surface area contributed by atoms with Crippen LogP contribution in [0.4, 0.5) is 9.18 Å². The summed E-state index contributed by atoms with van der Waals surface area (Å²) in [5.41, 5.74) is 0. The lowest BCUT2D eigenvalue weighted by Crippen LogP contribution is -2.48. The van der Waals surface area contributed by atoms with E-state index in [4.69, 9.17) is 20.4 Å². The number of likely N-dealkylation sites (tertiary alicyclic amines) is 1. The van der Waals surface area contributed by atoms with E-state index in [1.165, 1.54) is 4.90 Å². The molecule has 1 N–H and O–H groups in total. The molecule has 114 valence electrons. The van der Waals surface area contributed by atoms with Gasteiger partial charge in [-0.15, -0.1) is 0 Å². The normalized spacial score (nSPS) is 20.8. The molecular weight excluding hydrogens is 293 g/mol. The van der Waals surface area contributed by atoms with Gasteiger partial charge in [0.15, 0.2) is 0 Å². The summed E-state index contributed by atoms with van der Waals surface area (Å²) in [6.45, 7) is 0.213. The summed E-state index contributed by atoms with van der Waals surface area (Å²) in [6.07, 6.45) is -0.753. The number of nitriles is 2. The molecule has 1 aliphatic heterocycles. The van der Waals surface area contributed by atoms with Gasteiger partial charge < -0.3 is 14.7 Å². The van der Waals surface area contributed by atoms with Gasteiger partial charge in [-0.1, -0.05) is 0 Å². The summed E-state index contributed by atoms with van der Waals surface area (Å²) in [4.78, 5) is 19.3. The highest BCUT2D eigenvalue weighted by atomic mass is 19.1. The van der Waals surface area contributed by atoms with E-state index in [0.29, 0.717) is 12.8 Å². The molecule has 0 aliphatic carbocycles. The SMILES string of the molecule is N#CC[C@H]1CC(Oc2cc(F)nc(C#N)n2)CCN1C(=O)O. The van der Waals surface area contributed by atoms with Gasteiger partial charge in [-0.3, -0.25) is 0 Å². The minimum atomic E-state index is -1.08. The molecule has 1 saturated heterocycles. The Bertz CT molecular complexity index is 654. The second-order valence-electron chi connectivity index (χ2n) is 4.72. The predicted octanol–water partition coefficient (Wildman–Crippen LogP) is 1.29. The molecule has 9 heteroatoms. The molecule has 1 aliphatic rings. The number of nitrogens with zero attached hydrogens (tertiary/aromatic N) is 5. The number of amides is 1. The highest BCUT2D eigenvalue weighted by molar-refractivity contribution is 5.65. The van der Waals surface area contributed by atoms with Crippen LogP contribution in [0.15, 0.2) is 6.07 Å². The average molecular weight is 305 g/mol. The largest absolute Gasteiger partial charge is 0.474 e. The first kappa shape index (κ1) is 15.4. The van der Waals surface area contributed by atoms with Crippen molar-refractivity contribution >= 4 is 6.09 Å². The predicted molar refractivity (Wildman–Crippen MR) is 69.1 cm³/mol. The van der Waals surface area contributed by atoms with Crippen molar-refractivity contribution < 1.29 is 19.0 Å². The van der Waals surface area contributed by atoms with Crippen molar-refractivity contribution in [1.29, 1.82) is 10.5 Å². The zero-order chi connectivity index (χ0) is 16.1. The average Bonchev–Trinajstić information content (AvgIpc) is 2.47. The molecule has 1 aromatic rings. The summed E-state index contributed by atoms with van der Waals surface area (Å²) in [7, 11) is 0. The third kappa shape index (κ3) is 3.58. The van der Waals surface area contributed by atoms with Crippen LogP contribution in [0.5, 0.6) is 5.88 Å². The molecule has 0 spiro atoms. The lowest BCUT2D eigenvalue weighted by Gasteiger charge is -2.36. The van der Waals surface area contributed by atoms with Gasteiger partial charge in [0, 0.05) is 19.4 Å². The lowest BCUT2D eigenvalue weighted by atomic mass is 9.97. The Morgan fingerprint density at radius 3 is 2.95 bits per heavy atom. The van der Waals surface area contributed by atoms with Crippen LogP contribution in [0.25, 0.3) is 0 Å². The van der Waals surface area contributed by atoms with Gasteiger partial charge in [-0.05, 0) is 0 Å². The molecule has 2 atom stereocenters. The van der Waals surface area contributed by atoms with E-state index >= 15 is 0 Å². The fourth-order valence-electron chi connectivity index (χ4n) is 2.35. The molecular formula is C13H12FN5O3. The standard InChI is InChI=1S/C13H12FN5O3/c14-10-6-12(18-11(7-16)17-10)22-9-2-4-19(13(20)21)8(5-9)1-3-15/h6,8-9H,1-2,4-5H2,(H,20,21)/t8-,9?/m0/s1. The van der Waals surface area contributed by atoms with Crippen molar-refractivity contribution in [1.82, 2.24) is 14.9 Å². The smallest absolute Gasteiger partial charge is 0.407 e. The molecule has 8 nitrogen and oxygen atoms in total. The van der Waals surface area contributed by atoms with E-state index in [9.17, 15) is 9.18 Å².